The van der Waals surface area contributed by atoms with Gasteiger partial charge in [-0.15, -0.1) is 0 Å². The van der Waals surface area contributed by atoms with Crippen molar-refractivity contribution >= 4 is 0 Å². The maximum absolute atomic E-state index is 5.25. The summed E-state index contributed by atoms with van der Waals surface area (Å²) < 4.78 is 5.25. The molecule has 2 atom stereocenters. The molecular formula is C10H20N2O. The number of nitrogens with zero attached hydrogens (tertiary/aromatic N) is 1. The average molecular weight is 184 g/mol. The van der Waals surface area contributed by atoms with E-state index in [0.29, 0.717) is 6.04 Å². The predicted octanol–water partition coefficient (Wildman–Crippen LogP) is 0.459. The number of rotatable bonds is 3. The zero-order valence-corrected chi connectivity index (χ0v) is 8.46. The van der Waals surface area contributed by atoms with E-state index >= 15 is 0 Å². The number of methoxy groups -OCH3 is 1. The van der Waals surface area contributed by atoms with Crippen LogP contribution in [0.2, 0.25) is 0 Å². The largest absolute Gasteiger partial charge is 0.383 e. The number of nitrogens with one attached hydrogen (secondary N) is 1. The molecule has 0 saturated carbocycles. The van der Waals surface area contributed by atoms with Crippen LogP contribution >= 0.6 is 0 Å². The van der Waals surface area contributed by atoms with Gasteiger partial charge in [0.1, 0.15) is 0 Å². The minimum atomic E-state index is 0.690. The molecule has 2 rings (SSSR count). The van der Waals surface area contributed by atoms with E-state index in [0.717, 1.165) is 12.6 Å². The first kappa shape index (κ1) is 9.44. The highest BCUT2D eigenvalue weighted by Crippen LogP contribution is 2.22. The van der Waals surface area contributed by atoms with Crippen molar-refractivity contribution in [2.45, 2.75) is 31.3 Å². The van der Waals surface area contributed by atoms with Crippen molar-refractivity contribution in [2.24, 2.45) is 0 Å². The van der Waals surface area contributed by atoms with Crippen molar-refractivity contribution < 1.29 is 4.74 Å². The minimum absolute atomic E-state index is 0.690. The van der Waals surface area contributed by atoms with Gasteiger partial charge < -0.3 is 10.1 Å². The van der Waals surface area contributed by atoms with Crippen LogP contribution in [0.5, 0.6) is 0 Å². The van der Waals surface area contributed by atoms with Crippen LogP contribution in [0.3, 0.4) is 0 Å². The maximum atomic E-state index is 5.25. The maximum Gasteiger partial charge on any atom is 0.0618 e. The topological polar surface area (TPSA) is 24.5 Å². The summed E-state index contributed by atoms with van der Waals surface area (Å²) >= 11 is 0. The summed E-state index contributed by atoms with van der Waals surface area (Å²) in [7, 11) is 1.81. The van der Waals surface area contributed by atoms with Crippen molar-refractivity contribution in [2.75, 3.05) is 33.4 Å². The summed E-state index contributed by atoms with van der Waals surface area (Å²) in [6, 6.07) is 1.47. The first-order valence-corrected chi connectivity index (χ1v) is 5.37. The number of likely N-dealkylation sites (tertiary alicyclic amines) is 1. The third-order valence-electron chi connectivity index (χ3n) is 3.29. The van der Waals surface area contributed by atoms with Crippen LogP contribution in [0.4, 0.5) is 0 Å². The Morgan fingerprint density at radius 3 is 3.08 bits per heavy atom. The van der Waals surface area contributed by atoms with Crippen molar-refractivity contribution in [3.8, 4) is 0 Å². The fourth-order valence-electron chi connectivity index (χ4n) is 2.63. The van der Waals surface area contributed by atoms with Gasteiger partial charge in [-0.2, -0.15) is 0 Å². The third kappa shape index (κ3) is 2.03. The van der Waals surface area contributed by atoms with E-state index in [-0.39, 0.29) is 0 Å². The summed E-state index contributed by atoms with van der Waals surface area (Å²) in [4.78, 5) is 2.64. The predicted molar refractivity (Wildman–Crippen MR) is 52.9 cm³/mol. The van der Waals surface area contributed by atoms with Gasteiger partial charge in [-0.05, 0) is 32.4 Å². The number of hydrogen-bond donors (Lipinski definition) is 1. The molecule has 0 aromatic carbocycles. The van der Waals surface area contributed by atoms with Crippen LogP contribution in [0.1, 0.15) is 19.3 Å². The lowest BCUT2D eigenvalue weighted by Gasteiger charge is -2.29. The second-order valence-corrected chi connectivity index (χ2v) is 4.14. The summed E-state index contributed by atoms with van der Waals surface area (Å²) in [5, 5.41) is 3.43. The normalized spacial score (nSPS) is 35.8. The zero-order chi connectivity index (χ0) is 9.10. The van der Waals surface area contributed by atoms with Crippen LogP contribution in [-0.2, 0) is 4.74 Å². The van der Waals surface area contributed by atoms with Crippen LogP contribution in [0.25, 0.3) is 0 Å². The molecule has 2 fully saturated rings. The molecule has 2 aliphatic heterocycles. The van der Waals surface area contributed by atoms with E-state index in [4.69, 9.17) is 4.74 Å². The van der Waals surface area contributed by atoms with E-state index in [9.17, 15) is 0 Å². The molecule has 0 amide bonds. The fourth-order valence-corrected chi connectivity index (χ4v) is 2.63. The fraction of sp³-hybridized carbons (Fsp3) is 1.00. The summed E-state index contributed by atoms with van der Waals surface area (Å²) in [6.07, 6.45) is 4.00. The van der Waals surface area contributed by atoms with Gasteiger partial charge in [0.25, 0.3) is 0 Å². The molecule has 1 N–H and O–H groups in total. The Morgan fingerprint density at radius 1 is 1.46 bits per heavy atom. The lowest BCUT2D eigenvalue weighted by molar-refractivity contribution is 0.0939. The first-order chi connectivity index (χ1) is 6.42. The van der Waals surface area contributed by atoms with E-state index < -0.39 is 0 Å². The monoisotopic (exact) mass is 184 g/mol. The molecule has 0 radical (unpaired) electrons. The Hall–Kier alpha value is -0.120. The van der Waals surface area contributed by atoms with Crippen LogP contribution < -0.4 is 5.32 Å². The molecule has 0 aromatic rings. The Balaban J connectivity index is 1.88. The highest BCUT2D eigenvalue weighted by molar-refractivity contribution is 4.88. The van der Waals surface area contributed by atoms with Crippen molar-refractivity contribution in [3.05, 3.63) is 0 Å². The summed E-state index contributed by atoms with van der Waals surface area (Å²) in [5.74, 6) is 0. The Kier molecular flexibility index (Phi) is 3.19. The molecule has 3 heteroatoms. The molecule has 2 heterocycles. The lowest BCUT2D eigenvalue weighted by atomic mass is 10.2. The smallest absolute Gasteiger partial charge is 0.0618 e. The molecule has 76 valence electrons. The van der Waals surface area contributed by atoms with E-state index in [1.54, 1.807) is 0 Å². The SMILES string of the molecule is COCC1CCCN1C1CCNC1. The van der Waals surface area contributed by atoms with E-state index in [2.05, 4.69) is 10.2 Å². The van der Waals surface area contributed by atoms with Gasteiger partial charge in [0, 0.05) is 25.7 Å². The second-order valence-electron chi connectivity index (χ2n) is 4.14. The molecule has 0 bridgehead atoms. The van der Waals surface area contributed by atoms with Gasteiger partial charge in [0.05, 0.1) is 6.61 Å². The zero-order valence-electron chi connectivity index (χ0n) is 8.46. The van der Waals surface area contributed by atoms with Crippen molar-refractivity contribution in [1.29, 1.82) is 0 Å². The van der Waals surface area contributed by atoms with Crippen molar-refractivity contribution in [1.82, 2.24) is 10.2 Å². The summed E-state index contributed by atoms with van der Waals surface area (Å²) in [5.41, 5.74) is 0. The van der Waals surface area contributed by atoms with Gasteiger partial charge in [-0.3, -0.25) is 4.90 Å². The molecule has 2 saturated heterocycles. The van der Waals surface area contributed by atoms with Gasteiger partial charge in [-0.25, -0.2) is 0 Å². The molecule has 3 nitrogen and oxygen atoms in total. The first-order valence-electron chi connectivity index (χ1n) is 5.37. The van der Waals surface area contributed by atoms with Crippen molar-refractivity contribution in [3.63, 3.8) is 0 Å². The molecule has 2 aliphatic rings. The van der Waals surface area contributed by atoms with Crippen LogP contribution in [-0.4, -0.2) is 50.3 Å². The number of hydrogen-bond acceptors (Lipinski definition) is 3. The summed E-state index contributed by atoms with van der Waals surface area (Å²) in [6.45, 7) is 4.57. The second kappa shape index (κ2) is 4.40. The molecule has 0 aliphatic carbocycles. The molecule has 2 unspecified atom stereocenters. The lowest BCUT2D eigenvalue weighted by Crippen LogP contribution is -2.42. The third-order valence-corrected chi connectivity index (χ3v) is 3.29. The standard InChI is InChI=1S/C10H20N2O/c1-13-8-10-3-2-6-12(10)9-4-5-11-7-9/h9-11H,2-8H2,1H3. The van der Waals surface area contributed by atoms with Crippen LogP contribution in [0.15, 0.2) is 0 Å². The molecular weight excluding hydrogens is 164 g/mol. The average Bonchev–Trinajstić information content (AvgIpc) is 2.71. The Bertz CT molecular complexity index is 157. The quantitative estimate of drug-likeness (QED) is 0.689. The van der Waals surface area contributed by atoms with E-state index in [1.165, 1.54) is 38.9 Å². The molecule has 0 spiro atoms. The minimum Gasteiger partial charge on any atom is -0.383 e. The highest BCUT2D eigenvalue weighted by atomic mass is 16.5. The van der Waals surface area contributed by atoms with E-state index in [1.807, 2.05) is 7.11 Å². The molecule has 13 heavy (non-hydrogen) atoms. The Labute approximate surface area is 80.4 Å². The highest BCUT2D eigenvalue weighted by Gasteiger charge is 2.31. The van der Waals surface area contributed by atoms with Crippen LogP contribution in [0, 0.1) is 0 Å². The van der Waals surface area contributed by atoms with Gasteiger partial charge in [0.2, 0.25) is 0 Å². The molecule has 0 aromatic heterocycles. The van der Waals surface area contributed by atoms with Gasteiger partial charge in [0.15, 0.2) is 0 Å². The van der Waals surface area contributed by atoms with Gasteiger partial charge in [-0.1, -0.05) is 0 Å². The van der Waals surface area contributed by atoms with Gasteiger partial charge >= 0.3 is 0 Å². The Morgan fingerprint density at radius 2 is 2.38 bits per heavy atom. The number of ether oxygens (including phenoxy) is 1.